The molecule has 1 amide bonds. The molecule has 2 aromatic rings. The summed E-state index contributed by atoms with van der Waals surface area (Å²) in [6.07, 6.45) is 1.19. The van der Waals surface area contributed by atoms with Gasteiger partial charge >= 0.3 is 0 Å². The first kappa shape index (κ1) is 15.1. The number of amides is 1. The number of nitrogens with two attached hydrogens (primary N) is 1. The number of hydrogen-bond donors (Lipinski definition) is 2. The van der Waals surface area contributed by atoms with E-state index in [0.717, 1.165) is 34.6 Å². The van der Waals surface area contributed by atoms with Crippen molar-refractivity contribution in [2.75, 3.05) is 5.73 Å². The fourth-order valence-electron chi connectivity index (χ4n) is 2.29. The van der Waals surface area contributed by atoms with Crippen LogP contribution in [0, 0.1) is 13.8 Å². The van der Waals surface area contributed by atoms with E-state index in [4.69, 9.17) is 5.73 Å². The first-order valence-electron chi connectivity index (χ1n) is 7.07. The molecule has 21 heavy (non-hydrogen) atoms. The Balaban J connectivity index is 1.83. The lowest BCUT2D eigenvalue weighted by Crippen LogP contribution is -2.23. The van der Waals surface area contributed by atoms with Gasteiger partial charge in [0.05, 0.1) is 5.69 Å². The Hall–Kier alpha value is -2.30. The Morgan fingerprint density at radius 1 is 1.29 bits per heavy atom. The van der Waals surface area contributed by atoms with Crippen molar-refractivity contribution in [2.45, 2.75) is 33.2 Å². The topological polar surface area (TPSA) is 72.9 Å². The van der Waals surface area contributed by atoms with Crippen molar-refractivity contribution in [3.8, 4) is 0 Å². The molecule has 0 bridgehead atoms. The quantitative estimate of drug-likeness (QED) is 0.824. The van der Waals surface area contributed by atoms with Crippen molar-refractivity contribution in [3.05, 3.63) is 46.8 Å². The summed E-state index contributed by atoms with van der Waals surface area (Å²) < 4.78 is 1.84. The minimum absolute atomic E-state index is 0.0504. The van der Waals surface area contributed by atoms with Crippen molar-refractivity contribution < 1.29 is 4.79 Å². The average molecular weight is 286 g/mol. The van der Waals surface area contributed by atoms with Crippen LogP contribution in [0.1, 0.15) is 28.9 Å². The number of nitrogens with one attached hydrogen (secondary N) is 1. The molecule has 5 nitrogen and oxygen atoms in total. The lowest BCUT2D eigenvalue weighted by molar-refractivity contribution is -0.121. The molecule has 0 radical (unpaired) electrons. The Morgan fingerprint density at radius 3 is 2.52 bits per heavy atom. The molecule has 5 heteroatoms. The van der Waals surface area contributed by atoms with E-state index in [-0.39, 0.29) is 5.91 Å². The number of nitrogen functional groups attached to an aromatic ring is 1. The van der Waals surface area contributed by atoms with Crippen LogP contribution >= 0.6 is 0 Å². The molecule has 1 aromatic carbocycles. The molecule has 0 aliphatic carbocycles. The number of benzene rings is 1. The molecule has 0 saturated heterocycles. The van der Waals surface area contributed by atoms with Crippen LogP contribution in [0.4, 0.5) is 5.69 Å². The van der Waals surface area contributed by atoms with Gasteiger partial charge in [-0.15, -0.1) is 0 Å². The van der Waals surface area contributed by atoms with E-state index >= 15 is 0 Å². The fourth-order valence-corrected chi connectivity index (χ4v) is 2.29. The highest BCUT2D eigenvalue weighted by molar-refractivity contribution is 5.76. The molecule has 0 aliphatic heterocycles. The second-order valence-electron chi connectivity index (χ2n) is 5.29. The zero-order valence-corrected chi connectivity index (χ0v) is 12.8. The van der Waals surface area contributed by atoms with Gasteiger partial charge in [-0.2, -0.15) is 5.10 Å². The van der Waals surface area contributed by atoms with Gasteiger partial charge in [-0.3, -0.25) is 9.48 Å². The number of carbonyl (C=O) groups excluding carboxylic acids is 1. The van der Waals surface area contributed by atoms with Crippen molar-refractivity contribution in [1.29, 1.82) is 0 Å². The van der Waals surface area contributed by atoms with E-state index in [1.165, 1.54) is 0 Å². The van der Waals surface area contributed by atoms with Crippen LogP contribution in [0.5, 0.6) is 0 Å². The number of rotatable bonds is 5. The fraction of sp³-hybridized carbons (Fsp3) is 0.375. The largest absolute Gasteiger partial charge is 0.399 e. The SMILES string of the molecule is Cc1nn(C)c(C)c1CNC(=O)CCc1ccc(N)cc1. The van der Waals surface area contributed by atoms with Crippen LogP contribution in [0.3, 0.4) is 0 Å². The van der Waals surface area contributed by atoms with Gasteiger partial charge < -0.3 is 11.1 Å². The van der Waals surface area contributed by atoms with Gasteiger partial charge in [-0.1, -0.05) is 12.1 Å². The number of aromatic nitrogens is 2. The van der Waals surface area contributed by atoms with E-state index in [1.54, 1.807) is 0 Å². The first-order chi connectivity index (χ1) is 9.97. The van der Waals surface area contributed by atoms with E-state index in [1.807, 2.05) is 49.8 Å². The van der Waals surface area contributed by atoms with Gasteiger partial charge in [-0.25, -0.2) is 0 Å². The average Bonchev–Trinajstić information content (AvgIpc) is 2.69. The Labute approximate surface area is 125 Å². The smallest absolute Gasteiger partial charge is 0.220 e. The third-order valence-corrected chi connectivity index (χ3v) is 3.74. The molecule has 0 fully saturated rings. The van der Waals surface area contributed by atoms with Gasteiger partial charge in [0.25, 0.3) is 0 Å². The number of hydrogen-bond acceptors (Lipinski definition) is 3. The summed E-state index contributed by atoms with van der Waals surface area (Å²) in [4.78, 5) is 11.9. The Kier molecular flexibility index (Phi) is 4.62. The van der Waals surface area contributed by atoms with Crippen LogP contribution in [-0.4, -0.2) is 15.7 Å². The van der Waals surface area contributed by atoms with Gasteiger partial charge in [0, 0.05) is 37.0 Å². The van der Waals surface area contributed by atoms with Gasteiger partial charge in [0.1, 0.15) is 0 Å². The predicted molar refractivity (Wildman–Crippen MR) is 83.7 cm³/mol. The third kappa shape index (κ3) is 3.84. The minimum Gasteiger partial charge on any atom is -0.399 e. The molecule has 3 N–H and O–H groups in total. The van der Waals surface area contributed by atoms with Crippen LogP contribution in [-0.2, 0) is 24.8 Å². The lowest BCUT2D eigenvalue weighted by atomic mass is 10.1. The van der Waals surface area contributed by atoms with Crippen LogP contribution in [0.2, 0.25) is 0 Å². The molecule has 1 heterocycles. The summed E-state index contributed by atoms with van der Waals surface area (Å²) in [6, 6.07) is 7.63. The molecule has 0 unspecified atom stereocenters. The molecule has 2 rings (SSSR count). The monoisotopic (exact) mass is 286 g/mol. The molecule has 0 aliphatic rings. The maximum absolute atomic E-state index is 11.9. The highest BCUT2D eigenvalue weighted by Crippen LogP contribution is 2.11. The third-order valence-electron chi connectivity index (χ3n) is 3.74. The number of nitrogens with zero attached hydrogens (tertiary/aromatic N) is 2. The normalized spacial score (nSPS) is 10.6. The molecule has 0 atom stereocenters. The predicted octanol–water partition coefficient (Wildman–Crippen LogP) is 1.87. The van der Waals surface area contributed by atoms with Crippen molar-refractivity contribution in [1.82, 2.24) is 15.1 Å². The number of aryl methyl sites for hydroxylation is 3. The highest BCUT2D eigenvalue weighted by Gasteiger charge is 2.10. The standard InChI is InChI=1S/C16H22N4O/c1-11-15(12(2)20(3)19-11)10-18-16(21)9-6-13-4-7-14(17)8-5-13/h4-5,7-8H,6,9-10,17H2,1-3H3,(H,18,21). The van der Waals surface area contributed by atoms with Gasteiger partial charge in [0.15, 0.2) is 0 Å². The summed E-state index contributed by atoms with van der Waals surface area (Å²) in [5.41, 5.74) is 10.6. The summed E-state index contributed by atoms with van der Waals surface area (Å²) in [5, 5.41) is 7.30. The van der Waals surface area contributed by atoms with E-state index < -0.39 is 0 Å². The zero-order chi connectivity index (χ0) is 15.4. The van der Waals surface area contributed by atoms with E-state index in [0.29, 0.717) is 13.0 Å². The Bertz CT molecular complexity index is 628. The lowest BCUT2D eigenvalue weighted by Gasteiger charge is -2.06. The molecule has 0 spiro atoms. The van der Waals surface area contributed by atoms with E-state index in [9.17, 15) is 4.79 Å². The molecule has 0 saturated carbocycles. The molecule has 112 valence electrons. The maximum atomic E-state index is 11.9. The highest BCUT2D eigenvalue weighted by atomic mass is 16.1. The number of carbonyl (C=O) groups is 1. The number of anilines is 1. The Morgan fingerprint density at radius 2 is 1.95 bits per heavy atom. The second-order valence-corrected chi connectivity index (χ2v) is 5.29. The van der Waals surface area contributed by atoms with Crippen LogP contribution in [0.15, 0.2) is 24.3 Å². The van der Waals surface area contributed by atoms with Crippen molar-refractivity contribution in [2.24, 2.45) is 7.05 Å². The maximum Gasteiger partial charge on any atom is 0.220 e. The van der Waals surface area contributed by atoms with Gasteiger partial charge in [0.2, 0.25) is 5.91 Å². The summed E-state index contributed by atoms with van der Waals surface area (Å²) in [6.45, 7) is 4.50. The van der Waals surface area contributed by atoms with Crippen molar-refractivity contribution in [3.63, 3.8) is 0 Å². The van der Waals surface area contributed by atoms with Crippen molar-refractivity contribution >= 4 is 11.6 Å². The summed E-state index contributed by atoms with van der Waals surface area (Å²) >= 11 is 0. The van der Waals surface area contributed by atoms with Gasteiger partial charge in [-0.05, 0) is 38.0 Å². The summed E-state index contributed by atoms with van der Waals surface area (Å²) in [5.74, 6) is 0.0504. The molecule has 1 aromatic heterocycles. The minimum atomic E-state index is 0.0504. The summed E-state index contributed by atoms with van der Waals surface area (Å²) in [7, 11) is 1.91. The molecular formula is C16H22N4O. The second kappa shape index (κ2) is 6.43. The van der Waals surface area contributed by atoms with E-state index in [2.05, 4.69) is 10.4 Å². The van der Waals surface area contributed by atoms with Crippen LogP contribution < -0.4 is 11.1 Å². The van der Waals surface area contributed by atoms with Crippen LogP contribution in [0.25, 0.3) is 0 Å². The first-order valence-corrected chi connectivity index (χ1v) is 7.07. The molecular weight excluding hydrogens is 264 g/mol. The zero-order valence-electron chi connectivity index (χ0n) is 12.8.